The van der Waals surface area contributed by atoms with Crippen molar-refractivity contribution in [3.8, 4) is 11.8 Å². The minimum atomic E-state index is -0.801. The smallest absolute Gasteiger partial charge is 0.262 e. The molecule has 0 saturated heterocycles. The van der Waals surface area contributed by atoms with Gasteiger partial charge in [0.2, 0.25) is 0 Å². The second-order valence-corrected chi connectivity index (χ2v) is 9.42. The number of hydrogen-bond acceptors (Lipinski definition) is 5. The van der Waals surface area contributed by atoms with Gasteiger partial charge in [-0.25, -0.2) is 5.43 Å². The van der Waals surface area contributed by atoms with E-state index >= 15 is 0 Å². The highest BCUT2D eigenvalue weighted by Crippen LogP contribution is 2.26. The number of rotatable bonds is 9. The van der Waals surface area contributed by atoms with Gasteiger partial charge in [0.25, 0.3) is 11.8 Å². The van der Waals surface area contributed by atoms with E-state index in [0.29, 0.717) is 31.9 Å². The molecule has 0 aromatic heterocycles. The molecule has 0 saturated carbocycles. The number of carbonyl (C=O) groups is 2. The van der Waals surface area contributed by atoms with Crippen LogP contribution >= 0.6 is 27.5 Å². The summed E-state index contributed by atoms with van der Waals surface area (Å²) in [5.41, 5.74) is 4.85. The summed E-state index contributed by atoms with van der Waals surface area (Å²) in [5.74, 6) is -0.457. The van der Waals surface area contributed by atoms with Crippen LogP contribution in [0, 0.1) is 17.2 Å². The summed E-state index contributed by atoms with van der Waals surface area (Å²) in [7, 11) is 0. The predicted molar refractivity (Wildman–Crippen MR) is 143 cm³/mol. The first kappa shape index (κ1) is 26.9. The third-order valence-electron chi connectivity index (χ3n) is 5.22. The molecular weight excluding hydrogens is 544 g/mol. The molecule has 3 aromatic carbocycles. The highest BCUT2D eigenvalue weighted by Gasteiger charge is 2.25. The van der Waals surface area contributed by atoms with Gasteiger partial charge < -0.3 is 10.1 Å². The largest absolute Gasteiger partial charge is 0.488 e. The zero-order chi connectivity index (χ0) is 26.1. The van der Waals surface area contributed by atoms with Crippen LogP contribution in [0.4, 0.5) is 0 Å². The van der Waals surface area contributed by atoms with Gasteiger partial charge in [0, 0.05) is 5.56 Å². The molecule has 9 heteroatoms. The van der Waals surface area contributed by atoms with E-state index in [2.05, 4.69) is 37.8 Å². The molecule has 1 unspecified atom stereocenters. The lowest BCUT2D eigenvalue weighted by Crippen LogP contribution is -2.48. The van der Waals surface area contributed by atoms with Gasteiger partial charge in [-0.15, -0.1) is 0 Å². The number of nitrogens with zero attached hydrogens (tertiary/aromatic N) is 2. The third kappa shape index (κ3) is 7.17. The zero-order valence-corrected chi connectivity index (χ0v) is 22.0. The van der Waals surface area contributed by atoms with Crippen molar-refractivity contribution >= 4 is 45.6 Å². The van der Waals surface area contributed by atoms with Crippen molar-refractivity contribution in [3.05, 3.63) is 98.5 Å². The number of hydrogen-bond donors (Lipinski definition) is 2. The van der Waals surface area contributed by atoms with Gasteiger partial charge in [-0.05, 0) is 63.8 Å². The molecule has 3 rings (SSSR count). The zero-order valence-electron chi connectivity index (χ0n) is 19.7. The Morgan fingerprint density at radius 1 is 1.14 bits per heavy atom. The Kier molecular flexibility index (Phi) is 9.62. The van der Waals surface area contributed by atoms with Gasteiger partial charge in [-0.1, -0.05) is 55.8 Å². The highest BCUT2D eigenvalue weighted by molar-refractivity contribution is 9.10. The van der Waals surface area contributed by atoms with Gasteiger partial charge in [-0.3, -0.25) is 9.59 Å². The van der Waals surface area contributed by atoms with Crippen LogP contribution in [0.15, 0.2) is 76.3 Å². The molecule has 0 fully saturated rings. The number of carbonyl (C=O) groups excluding carboxylic acids is 2. The molecule has 0 aliphatic heterocycles. The lowest BCUT2D eigenvalue weighted by atomic mass is 10.0. The number of benzene rings is 3. The first-order valence-electron chi connectivity index (χ1n) is 11.1. The maximum atomic E-state index is 12.7. The minimum Gasteiger partial charge on any atom is -0.488 e. The lowest BCUT2D eigenvalue weighted by Gasteiger charge is -2.20. The fourth-order valence-electron chi connectivity index (χ4n) is 3.26. The van der Waals surface area contributed by atoms with E-state index in [-0.39, 0.29) is 12.5 Å². The molecular formula is C27H24BrClN4O3. The third-order valence-corrected chi connectivity index (χ3v) is 6.17. The minimum absolute atomic E-state index is 0.177. The topological polar surface area (TPSA) is 104 Å². The summed E-state index contributed by atoms with van der Waals surface area (Å²) in [4.78, 5) is 25.3. The van der Waals surface area contributed by atoms with Gasteiger partial charge in [0.15, 0.2) is 0 Å². The van der Waals surface area contributed by atoms with Crippen molar-refractivity contribution < 1.29 is 14.3 Å². The van der Waals surface area contributed by atoms with Gasteiger partial charge in [0.05, 0.1) is 32.9 Å². The summed E-state index contributed by atoms with van der Waals surface area (Å²) in [5, 5.41) is 16.3. The van der Waals surface area contributed by atoms with Crippen molar-refractivity contribution in [3.63, 3.8) is 0 Å². The van der Waals surface area contributed by atoms with Crippen LogP contribution in [-0.4, -0.2) is 24.1 Å². The average Bonchev–Trinajstić information content (AvgIpc) is 2.86. The van der Waals surface area contributed by atoms with Crippen molar-refractivity contribution in [1.82, 2.24) is 10.7 Å². The van der Waals surface area contributed by atoms with E-state index in [1.165, 1.54) is 6.21 Å². The predicted octanol–water partition coefficient (Wildman–Crippen LogP) is 5.46. The average molecular weight is 568 g/mol. The van der Waals surface area contributed by atoms with Crippen LogP contribution in [0.3, 0.4) is 0 Å². The van der Waals surface area contributed by atoms with Crippen molar-refractivity contribution in [2.45, 2.75) is 26.5 Å². The number of amides is 2. The van der Waals surface area contributed by atoms with Gasteiger partial charge in [-0.2, -0.15) is 10.4 Å². The monoisotopic (exact) mass is 566 g/mol. The Hall–Kier alpha value is -3.67. The normalized spacial score (nSPS) is 11.7. The number of halogens is 2. The number of hydrazone groups is 1. The molecule has 1 atom stereocenters. The van der Waals surface area contributed by atoms with E-state index in [1.807, 2.05) is 26.0 Å². The molecule has 0 aliphatic rings. The molecule has 3 aromatic rings. The van der Waals surface area contributed by atoms with E-state index in [9.17, 15) is 14.9 Å². The fraction of sp³-hybridized carbons (Fsp3) is 0.185. The fourth-order valence-corrected chi connectivity index (χ4v) is 4.00. The Balaban J connectivity index is 1.60. The van der Waals surface area contributed by atoms with Crippen LogP contribution in [-0.2, 0) is 11.4 Å². The Morgan fingerprint density at radius 3 is 2.56 bits per heavy atom. The van der Waals surface area contributed by atoms with Crippen LogP contribution in [0.25, 0.3) is 0 Å². The highest BCUT2D eigenvalue weighted by atomic mass is 79.9. The van der Waals surface area contributed by atoms with Crippen LogP contribution in [0.5, 0.6) is 5.75 Å². The Labute approximate surface area is 223 Å². The number of nitriles is 1. The summed E-state index contributed by atoms with van der Waals surface area (Å²) in [6.07, 6.45) is 1.49. The summed E-state index contributed by atoms with van der Waals surface area (Å²) < 4.78 is 6.53. The molecule has 0 heterocycles. The Morgan fingerprint density at radius 2 is 1.86 bits per heavy atom. The second kappa shape index (κ2) is 12.9. The first-order chi connectivity index (χ1) is 17.3. The molecule has 36 heavy (non-hydrogen) atoms. The molecule has 0 radical (unpaired) electrons. The Bertz CT molecular complexity index is 1320. The van der Waals surface area contributed by atoms with Crippen LogP contribution in [0.1, 0.15) is 40.9 Å². The lowest BCUT2D eigenvalue weighted by molar-refractivity contribution is -0.123. The SMILES string of the molecule is CC(C)C(NC(=O)c1ccccc1Cl)C(=O)N/N=C/c1ccc(OCc2ccccc2C#N)c(Br)c1. The molecule has 0 spiro atoms. The van der Waals surface area contributed by atoms with Gasteiger partial charge >= 0.3 is 0 Å². The summed E-state index contributed by atoms with van der Waals surface area (Å²) in [6, 6.07) is 20.6. The quantitative estimate of drug-likeness (QED) is 0.265. The standard InChI is InChI=1S/C27H24BrClN4O3/c1-17(2)25(32-26(34)21-9-5-6-10-23(21)29)27(35)33-31-15-18-11-12-24(22(28)13-18)36-16-20-8-4-3-7-19(20)14-30/h3-13,15,17,25H,16H2,1-2H3,(H,32,34)(H,33,35)/b31-15+. The van der Waals surface area contributed by atoms with E-state index < -0.39 is 17.9 Å². The maximum absolute atomic E-state index is 12.7. The van der Waals surface area contributed by atoms with Crippen LogP contribution < -0.4 is 15.5 Å². The number of nitrogens with one attached hydrogen (secondary N) is 2. The van der Waals surface area contributed by atoms with Crippen molar-refractivity contribution in [1.29, 1.82) is 5.26 Å². The molecule has 7 nitrogen and oxygen atoms in total. The molecule has 184 valence electrons. The first-order valence-corrected chi connectivity index (χ1v) is 12.3. The van der Waals surface area contributed by atoms with Crippen molar-refractivity contribution in [2.24, 2.45) is 11.0 Å². The molecule has 2 amide bonds. The second-order valence-electron chi connectivity index (χ2n) is 8.16. The van der Waals surface area contributed by atoms with E-state index in [1.54, 1.807) is 54.6 Å². The summed E-state index contributed by atoms with van der Waals surface area (Å²) >= 11 is 9.57. The van der Waals surface area contributed by atoms with E-state index in [0.717, 1.165) is 5.56 Å². The van der Waals surface area contributed by atoms with Gasteiger partial charge in [0.1, 0.15) is 18.4 Å². The molecule has 0 aliphatic carbocycles. The van der Waals surface area contributed by atoms with Crippen LogP contribution in [0.2, 0.25) is 5.02 Å². The molecule has 0 bridgehead atoms. The maximum Gasteiger partial charge on any atom is 0.262 e. The van der Waals surface area contributed by atoms with E-state index in [4.69, 9.17) is 16.3 Å². The van der Waals surface area contributed by atoms with Crippen molar-refractivity contribution in [2.75, 3.05) is 0 Å². The number of ether oxygens (including phenoxy) is 1. The summed E-state index contributed by atoms with van der Waals surface area (Å²) in [6.45, 7) is 3.90. The molecule has 2 N–H and O–H groups in total.